The van der Waals surface area contributed by atoms with Crippen molar-refractivity contribution in [3.8, 4) is 0 Å². The maximum Gasteiger partial charge on any atom is 0.265 e. The molecule has 0 unspecified atom stereocenters. The first kappa shape index (κ1) is 13.0. The number of alkyl halides is 2. The molecular weight excluding hydrogens is 184 g/mol. The third kappa shape index (κ3) is 3.81. The van der Waals surface area contributed by atoms with E-state index in [2.05, 4.69) is 4.98 Å². The number of hydrogen-bond acceptors (Lipinski definition) is 1. The molecule has 1 heterocycles. The molecule has 1 aromatic rings. The number of pyridine rings is 1. The summed E-state index contributed by atoms with van der Waals surface area (Å²) in [5.74, 6) is 0.289. The molecule has 80 valence electrons. The Kier molecular flexibility index (Phi) is 6.00. The third-order valence-electron chi connectivity index (χ3n) is 1.65. The van der Waals surface area contributed by atoms with Crippen LogP contribution in [0.4, 0.5) is 8.78 Å². The van der Waals surface area contributed by atoms with Crippen LogP contribution in [0.3, 0.4) is 0 Å². The van der Waals surface area contributed by atoms with Crippen molar-refractivity contribution in [2.45, 2.75) is 40.0 Å². The Labute approximate surface area is 84.2 Å². The molecule has 1 nitrogen and oxygen atoms in total. The maximum atomic E-state index is 12.1. The summed E-state index contributed by atoms with van der Waals surface area (Å²) in [7, 11) is 0. The summed E-state index contributed by atoms with van der Waals surface area (Å²) < 4.78 is 24.1. The minimum absolute atomic E-state index is 0.0144. The van der Waals surface area contributed by atoms with Crippen molar-refractivity contribution < 1.29 is 8.78 Å². The van der Waals surface area contributed by atoms with E-state index in [-0.39, 0.29) is 11.5 Å². The van der Waals surface area contributed by atoms with Gasteiger partial charge >= 0.3 is 0 Å². The lowest BCUT2D eigenvalue weighted by Gasteiger charge is -2.04. The molecule has 0 amide bonds. The molecule has 0 aliphatic carbocycles. The number of nitrogens with zero attached hydrogens (tertiary/aromatic N) is 1. The Balaban J connectivity index is 0.000000791. The molecule has 1 rings (SSSR count). The molecule has 0 N–H and O–H groups in total. The van der Waals surface area contributed by atoms with Crippen molar-refractivity contribution in [3.63, 3.8) is 0 Å². The fraction of sp³-hybridized carbons (Fsp3) is 0.545. The van der Waals surface area contributed by atoms with Gasteiger partial charge in [-0.3, -0.25) is 4.98 Å². The third-order valence-corrected chi connectivity index (χ3v) is 1.65. The van der Waals surface area contributed by atoms with Crippen molar-refractivity contribution in [2.24, 2.45) is 0 Å². The highest BCUT2D eigenvalue weighted by Crippen LogP contribution is 2.19. The summed E-state index contributed by atoms with van der Waals surface area (Å²) in [5.41, 5.74) is 0.832. The van der Waals surface area contributed by atoms with Crippen LogP contribution >= 0.6 is 0 Å². The average molecular weight is 201 g/mol. The monoisotopic (exact) mass is 201 g/mol. The van der Waals surface area contributed by atoms with Gasteiger partial charge < -0.3 is 0 Å². The van der Waals surface area contributed by atoms with Crippen molar-refractivity contribution >= 4 is 0 Å². The molecule has 0 aliphatic rings. The van der Waals surface area contributed by atoms with Gasteiger partial charge in [-0.2, -0.15) is 0 Å². The van der Waals surface area contributed by atoms with Gasteiger partial charge in [0.2, 0.25) is 0 Å². The largest absolute Gasteiger partial charge is 0.265 e. The molecule has 0 radical (unpaired) electrons. The lowest BCUT2D eigenvalue weighted by Crippen LogP contribution is -1.93. The zero-order valence-electron chi connectivity index (χ0n) is 9.09. The predicted molar refractivity (Wildman–Crippen MR) is 54.6 cm³/mol. The quantitative estimate of drug-likeness (QED) is 0.699. The summed E-state index contributed by atoms with van der Waals surface area (Å²) in [6.07, 6.45) is -1.18. The first-order valence-electron chi connectivity index (χ1n) is 4.85. The number of halogens is 2. The van der Waals surface area contributed by atoms with Gasteiger partial charge in [-0.15, -0.1) is 0 Å². The topological polar surface area (TPSA) is 12.9 Å². The van der Waals surface area contributed by atoms with Crippen LogP contribution in [0.2, 0.25) is 0 Å². The first-order valence-corrected chi connectivity index (χ1v) is 4.85. The lowest BCUT2D eigenvalue weighted by atomic mass is 10.1. The molecule has 0 aromatic carbocycles. The molecule has 14 heavy (non-hydrogen) atoms. The highest BCUT2D eigenvalue weighted by molar-refractivity contribution is 5.16. The van der Waals surface area contributed by atoms with Gasteiger partial charge in [-0.25, -0.2) is 8.78 Å². The Morgan fingerprint density at radius 1 is 1.14 bits per heavy atom. The maximum absolute atomic E-state index is 12.1. The SMILES string of the molecule is CC.CC(C)c1ccc(C(F)F)cn1. The van der Waals surface area contributed by atoms with E-state index in [0.717, 1.165) is 5.69 Å². The molecular formula is C11H17F2N. The van der Waals surface area contributed by atoms with Crippen molar-refractivity contribution in [3.05, 3.63) is 29.6 Å². The summed E-state index contributed by atoms with van der Waals surface area (Å²) in [4.78, 5) is 3.92. The highest BCUT2D eigenvalue weighted by atomic mass is 19.3. The number of hydrogen-bond donors (Lipinski definition) is 0. The van der Waals surface area contributed by atoms with Gasteiger partial charge in [0.15, 0.2) is 0 Å². The van der Waals surface area contributed by atoms with Gasteiger partial charge in [-0.1, -0.05) is 27.7 Å². The fourth-order valence-electron chi connectivity index (χ4n) is 0.887. The smallest absolute Gasteiger partial charge is 0.261 e. The average Bonchev–Trinajstić information content (AvgIpc) is 2.21. The van der Waals surface area contributed by atoms with Crippen molar-refractivity contribution in [1.82, 2.24) is 4.98 Å². The summed E-state index contributed by atoms with van der Waals surface area (Å²) in [6.45, 7) is 7.95. The van der Waals surface area contributed by atoms with Crippen LogP contribution in [0.25, 0.3) is 0 Å². The molecule has 0 saturated heterocycles. The molecule has 0 atom stereocenters. The number of aromatic nitrogens is 1. The van der Waals surface area contributed by atoms with E-state index < -0.39 is 6.43 Å². The van der Waals surface area contributed by atoms with E-state index in [0.29, 0.717) is 0 Å². The van der Waals surface area contributed by atoms with Crippen LogP contribution in [-0.2, 0) is 0 Å². The van der Waals surface area contributed by atoms with Crippen LogP contribution < -0.4 is 0 Å². The van der Waals surface area contributed by atoms with Crippen LogP contribution in [0.5, 0.6) is 0 Å². The first-order chi connectivity index (χ1) is 6.61. The van der Waals surface area contributed by atoms with E-state index in [1.807, 2.05) is 27.7 Å². The van der Waals surface area contributed by atoms with Crippen LogP contribution in [0, 0.1) is 0 Å². The van der Waals surface area contributed by atoms with Crippen LogP contribution in [0.1, 0.15) is 51.3 Å². The standard InChI is InChI=1S/C9H11F2N.C2H6/c1-6(2)8-4-3-7(5-12-8)9(10)11;1-2/h3-6,9H,1-2H3;1-2H3. The Hall–Kier alpha value is -0.990. The van der Waals surface area contributed by atoms with Crippen molar-refractivity contribution in [2.75, 3.05) is 0 Å². The Morgan fingerprint density at radius 2 is 1.71 bits per heavy atom. The van der Waals surface area contributed by atoms with E-state index in [9.17, 15) is 8.78 Å². The van der Waals surface area contributed by atoms with Gasteiger partial charge in [0.05, 0.1) is 0 Å². The zero-order chi connectivity index (χ0) is 11.1. The van der Waals surface area contributed by atoms with Crippen LogP contribution in [0.15, 0.2) is 18.3 Å². The zero-order valence-corrected chi connectivity index (χ0v) is 9.09. The number of rotatable bonds is 2. The Bertz CT molecular complexity index is 215. The van der Waals surface area contributed by atoms with Gasteiger partial charge in [-0.05, 0) is 18.1 Å². The van der Waals surface area contributed by atoms with E-state index in [1.54, 1.807) is 6.07 Å². The molecule has 1 aromatic heterocycles. The second kappa shape index (κ2) is 6.46. The summed E-state index contributed by atoms with van der Waals surface area (Å²) in [5, 5.41) is 0. The second-order valence-corrected chi connectivity index (χ2v) is 2.97. The Morgan fingerprint density at radius 3 is 2.00 bits per heavy atom. The predicted octanol–water partition coefficient (Wildman–Crippen LogP) is 4.17. The molecule has 0 spiro atoms. The molecule has 0 saturated carbocycles. The molecule has 3 heteroatoms. The molecule has 0 fully saturated rings. The molecule has 0 aliphatic heterocycles. The minimum Gasteiger partial charge on any atom is -0.261 e. The normalized spacial score (nSPS) is 10.0. The summed E-state index contributed by atoms with van der Waals surface area (Å²) >= 11 is 0. The van der Waals surface area contributed by atoms with E-state index in [4.69, 9.17) is 0 Å². The van der Waals surface area contributed by atoms with E-state index in [1.165, 1.54) is 12.3 Å². The summed E-state index contributed by atoms with van der Waals surface area (Å²) in [6, 6.07) is 3.07. The lowest BCUT2D eigenvalue weighted by molar-refractivity contribution is 0.151. The van der Waals surface area contributed by atoms with Crippen LogP contribution in [-0.4, -0.2) is 4.98 Å². The fourth-order valence-corrected chi connectivity index (χ4v) is 0.887. The molecule has 0 bridgehead atoms. The second-order valence-electron chi connectivity index (χ2n) is 2.97. The highest BCUT2D eigenvalue weighted by Gasteiger charge is 2.07. The van der Waals surface area contributed by atoms with Gasteiger partial charge in [0, 0.05) is 17.5 Å². The minimum atomic E-state index is -2.42. The van der Waals surface area contributed by atoms with Crippen molar-refractivity contribution in [1.29, 1.82) is 0 Å². The van der Waals surface area contributed by atoms with E-state index >= 15 is 0 Å². The van der Waals surface area contributed by atoms with Gasteiger partial charge in [0.25, 0.3) is 6.43 Å². The van der Waals surface area contributed by atoms with Gasteiger partial charge in [0.1, 0.15) is 0 Å².